The van der Waals surface area contributed by atoms with Crippen molar-refractivity contribution in [3.63, 3.8) is 0 Å². The van der Waals surface area contributed by atoms with E-state index in [1.807, 2.05) is 18.7 Å². The van der Waals surface area contributed by atoms with Gasteiger partial charge in [0.2, 0.25) is 5.91 Å². The lowest BCUT2D eigenvalue weighted by Crippen LogP contribution is -2.50. The molecule has 6 nitrogen and oxygen atoms in total. The predicted octanol–water partition coefficient (Wildman–Crippen LogP) is 1.93. The average molecular weight is 347 g/mol. The van der Waals surface area contributed by atoms with Crippen LogP contribution in [0.25, 0.3) is 0 Å². The van der Waals surface area contributed by atoms with Gasteiger partial charge in [0.05, 0.1) is 12.7 Å². The van der Waals surface area contributed by atoms with Crippen LogP contribution in [0.4, 0.5) is 5.69 Å². The molecule has 25 heavy (non-hydrogen) atoms. The zero-order valence-corrected chi connectivity index (χ0v) is 15.4. The van der Waals surface area contributed by atoms with E-state index in [-0.39, 0.29) is 18.6 Å². The maximum atomic E-state index is 12.3. The van der Waals surface area contributed by atoms with Crippen molar-refractivity contribution in [3.05, 3.63) is 23.5 Å². The van der Waals surface area contributed by atoms with Gasteiger partial charge in [-0.2, -0.15) is 0 Å². The number of amides is 1. The summed E-state index contributed by atoms with van der Waals surface area (Å²) < 4.78 is 11.2. The average Bonchev–Trinajstić information content (AvgIpc) is 2.62. The summed E-state index contributed by atoms with van der Waals surface area (Å²) in [6.07, 6.45) is 3.53. The van der Waals surface area contributed by atoms with Crippen LogP contribution in [0.15, 0.2) is 12.1 Å². The van der Waals surface area contributed by atoms with Crippen LogP contribution in [0.1, 0.15) is 30.7 Å². The first-order valence-electron chi connectivity index (χ1n) is 9.29. The molecule has 0 spiro atoms. The van der Waals surface area contributed by atoms with Gasteiger partial charge in [-0.1, -0.05) is 0 Å². The predicted molar refractivity (Wildman–Crippen MR) is 96.9 cm³/mol. The standard InChI is InChI=1S/C19H29N3O3/c1-15-11-17(12-16(2)20-15)21-6-8-22(9-7-21)19(23)14-24-13-18-5-3-4-10-25-18/h11-12,18H,3-10,13-14H2,1-2H3/t18-/m1/s1. The molecule has 1 atom stereocenters. The summed E-state index contributed by atoms with van der Waals surface area (Å²) in [6, 6.07) is 4.22. The number of aromatic nitrogens is 1. The van der Waals surface area contributed by atoms with Gasteiger partial charge in [0, 0.05) is 49.9 Å². The van der Waals surface area contributed by atoms with E-state index >= 15 is 0 Å². The van der Waals surface area contributed by atoms with Crippen LogP contribution in [0.2, 0.25) is 0 Å². The van der Waals surface area contributed by atoms with Crippen molar-refractivity contribution in [2.45, 2.75) is 39.2 Å². The second kappa shape index (κ2) is 8.63. The van der Waals surface area contributed by atoms with E-state index < -0.39 is 0 Å². The number of carbonyl (C=O) groups is 1. The minimum Gasteiger partial charge on any atom is -0.376 e. The van der Waals surface area contributed by atoms with Crippen molar-refractivity contribution >= 4 is 11.6 Å². The molecule has 1 aromatic heterocycles. The molecule has 6 heteroatoms. The molecule has 0 N–H and O–H groups in total. The number of pyridine rings is 1. The molecule has 1 amide bonds. The van der Waals surface area contributed by atoms with Crippen LogP contribution in [-0.4, -0.2) is 67.9 Å². The molecule has 0 saturated carbocycles. The van der Waals surface area contributed by atoms with E-state index in [4.69, 9.17) is 9.47 Å². The summed E-state index contributed by atoms with van der Waals surface area (Å²) >= 11 is 0. The molecular formula is C19H29N3O3. The molecule has 138 valence electrons. The summed E-state index contributed by atoms with van der Waals surface area (Å²) in [6.45, 7) is 8.71. The number of hydrogen-bond acceptors (Lipinski definition) is 5. The second-order valence-electron chi connectivity index (χ2n) is 6.98. The van der Waals surface area contributed by atoms with Crippen LogP contribution >= 0.6 is 0 Å². The molecular weight excluding hydrogens is 318 g/mol. The summed E-state index contributed by atoms with van der Waals surface area (Å²) in [5.74, 6) is 0.0811. The Kier molecular flexibility index (Phi) is 6.26. The van der Waals surface area contributed by atoms with Gasteiger partial charge in [0.1, 0.15) is 6.61 Å². The number of rotatable bonds is 5. The Morgan fingerprint density at radius 1 is 1.20 bits per heavy atom. The third-order valence-corrected chi connectivity index (χ3v) is 4.87. The third kappa shape index (κ3) is 5.16. The van der Waals surface area contributed by atoms with E-state index in [2.05, 4.69) is 22.0 Å². The van der Waals surface area contributed by atoms with E-state index in [1.54, 1.807) is 0 Å². The van der Waals surface area contributed by atoms with Gasteiger partial charge >= 0.3 is 0 Å². The smallest absolute Gasteiger partial charge is 0.248 e. The number of anilines is 1. The van der Waals surface area contributed by atoms with Crippen molar-refractivity contribution < 1.29 is 14.3 Å². The molecule has 0 aliphatic carbocycles. The Labute approximate surface area is 150 Å². The molecule has 0 radical (unpaired) electrons. The Bertz CT molecular complexity index is 559. The molecule has 0 aromatic carbocycles. The number of aryl methyl sites for hydroxylation is 2. The van der Waals surface area contributed by atoms with Crippen molar-refractivity contribution in [3.8, 4) is 0 Å². The fourth-order valence-electron chi connectivity index (χ4n) is 3.52. The van der Waals surface area contributed by atoms with E-state index in [1.165, 1.54) is 12.1 Å². The first kappa shape index (κ1) is 18.1. The minimum absolute atomic E-state index is 0.0811. The van der Waals surface area contributed by atoms with Gasteiger partial charge in [0.25, 0.3) is 0 Å². The zero-order valence-electron chi connectivity index (χ0n) is 15.4. The fraction of sp³-hybridized carbons (Fsp3) is 0.684. The van der Waals surface area contributed by atoms with Gasteiger partial charge in [0.15, 0.2) is 0 Å². The molecule has 1 aromatic rings. The van der Waals surface area contributed by atoms with Crippen LogP contribution in [0.5, 0.6) is 0 Å². The Hall–Kier alpha value is -1.66. The molecule has 0 unspecified atom stereocenters. The summed E-state index contributed by atoms with van der Waals surface area (Å²) in [4.78, 5) is 21.0. The lowest BCUT2D eigenvalue weighted by atomic mass is 10.1. The number of carbonyl (C=O) groups excluding carboxylic acids is 1. The fourth-order valence-corrected chi connectivity index (χ4v) is 3.52. The highest BCUT2D eigenvalue weighted by molar-refractivity contribution is 5.77. The Morgan fingerprint density at radius 2 is 1.92 bits per heavy atom. The molecule has 2 fully saturated rings. The summed E-state index contributed by atoms with van der Waals surface area (Å²) in [7, 11) is 0. The summed E-state index contributed by atoms with van der Waals surface area (Å²) in [5.41, 5.74) is 3.27. The van der Waals surface area contributed by atoms with Crippen LogP contribution in [-0.2, 0) is 14.3 Å². The molecule has 3 heterocycles. The first-order valence-corrected chi connectivity index (χ1v) is 9.29. The van der Waals surface area contributed by atoms with Crippen LogP contribution < -0.4 is 4.90 Å². The van der Waals surface area contributed by atoms with Gasteiger partial charge in [-0.3, -0.25) is 9.78 Å². The molecule has 2 aliphatic heterocycles. The monoisotopic (exact) mass is 347 g/mol. The SMILES string of the molecule is Cc1cc(N2CCN(C(=O)COC[C@H]3CCCCO3)CC2)cc(C)n1. The number of nitrogens with zero attached hydrogens (tertiary/aromatic N) is 3. The molecule has 0 bridgehead atoms. The van der Waals surface area contributed by atoms with E-state index in [0.717, 1.165) is 57.0 Å². The number of ether oxygens (including phenoxy) is 2. The Morgan fingerprint density at radius 3 is 2.56 bits per heavy atom. The lowest BCUT2D eigenvalue weighted by Gasteiger charge is -2.36. The van der Waals surface area contributed by atoms with Gasteiger partial charge < -0.3 is 19.3 Å². The highest BCUT2D eigenvalue weighted by Gasteiger charge is 2.22. The van der Waals surface area contributed by atoms with Gasteiger partial charge in [-0.25, -0.2) is 0 Å². The normalized spacial score (nSPS) is 21.4. The quantitative estimate of drug-likeness (QED) is 0.815. The zero-order chi connectivity index (χ0) is 17.6. The van der Waals surface area contributed by atoms with Crippen molar-refractivity contribution in [2.24, 2.45) is 0 Å². The van der Waals surface area contributed by atoms with Crippen molar-refractivity contribution in [1.82, 2.24) is 9.88 Å². The lowest BCUT2D eigenvalue weighted by molar-refractivity contribution is -0.138. The maximum absolute atomic E-state index is 12.3. The van der Waals surface area contributed by atoms with Gasteiger partial charge in [-0.05, 0) is 45.2 Å². The minimum atomic E-state index is 0.0811. The number of piperazine rings is 1. The maximum Gasteiger partial charge on any atom is 0.248 e. The highest BCUT2D eigenvalue weighted by atomic mass is 16.5. The van der Waals surface area contributed by atoms with Crippen LogP contribution in [0.3, 0.4) is 0 Å². The van der Waals surface area contributed by atoms with Gasteiger partial charge in [-0.15, -0.1) is 0 Å². The Balaban J connectivity index is 1.41. The van der Waals surface area contributed by atoms with Crippen LogP contribution in [0, 0.1) is 13.8 Å². The molecule has 3 rings (SSSR count). The van der Waals surface area contributed by atoms with Crippen molar-refractivity contribution in [1.29, 1.82) is 0 Å². The third-order valence-electron chi connectivity index (χ3n) is 4.87. The van der Waals surface area contributed by atoms with E-state index in [9.17, 15) is 4.79 Å². The molecule has 2 aliphatic rings. The highest BCUT2D eigenvalue weighted by Crippen LogP contribution is 2.18. The largest absolute Gasteiger partial charge is 0.376 e. The summed E-state index contributed by atoms with van der Waals surface area (Å²) in [5, 5.41) is 0. The second-order valence-corrected chi connectivity index (χ2v) is 6.98. The van der Waals surface area contributed by atoms with Crippen molar-refractivity contribution in [2.75, 3.05) is 50.9 Å². The topological polar surface area (TPSA) is 54.9 Å². The van der Waals surface area contributed by atoms with E-state index in [0.29, 0.717) is 6.61 Å². The number of hydrogen-bond donors (Lipinski definition) is 0. The molecule has 2 saturated heterocycles. The first-order chi connectivity index (χ1) is 12.1.